The second-order valence-electron chi connectivity index (χ2n) is 11.9. The first-order valence-corrected chi connectivity index (χ1v) is 17.2. The van der Waals surface area contributed by atoms with E-state index in [2.05, 4.69) is 6.58 Å². The maximum absolute atomic E-state index is 12.8. The zero-order valence-electron chi connectivity index (χ0n) is 28.3. The maximum atomic E-state index is 12.8. The van der Waals surface area contributed by atoms with E-state index in [1.807, 2.05) is 85.8 Å². The monoisotopic (exact) mass is 648 g/mol. The lowest BCUT2D eigenvalue weighted by Gasteiger charge is -2.14. The lowest BCUT2D eigenvalue weighted by Crippen LogP contribution is -2.26. The SMILES string of the molecule is C=CCCCCCCCCOc1ccc(-c2ccc(C(=O)Oc3ccc(-c4ccc(OC(C)C(=O)OCCCC)cc4)cc3)cc2)cc1. The zero-order valence-corrected chi connectivity index (χ0v) is 28.3. The molecule has 0 radical (unpaired) electrons. The molecular weight excluding hydrogens is 600 g/mol. The van der Waals surface area contributed by atoms with Gasteiger partial charge in [-0.25, -0.2) is 9.59 Å². The highest BCUT2D eigenvalue weighted by molar-refractivity contribution is 5.91. The number of benzene rings is 4. The molecule has 0 heterocycles. The van der Waals surface area contributed by atoms with E-state index in [0.717, 1.165) is 60.3 Å². The molecule has 0 aliphatic rings. The average Bonchev–Trinajstić information content (AvgIpc) is 3.12. The second kappa shape index (κ2) is 19.7. The van der Waals surface area contributed by atoms with Crippen molar-refractivity contribution in [2.24, 2.45) is 0 Å². The smallest absolute Gasteiger partial charge is 0.347 e. The molecule has 0 bridgehead atoms. The van der Waals surface area contributed by atoms with E-state index in [1.165, 1.54) is 32.1 Å². The van der Waals surface area contributed by atoms with Crippen LogP contribution in [-0.4, -0.2) is 31.3 Å². The first-order chi connectivity index (χ1) is 23.5. The molecule has 252 valence electrons. The standard InChI is InChI=1S/C42H48O6/c1-4-6-8-9-10-11-12-13-31-45-38-24-18-34(19-25-38)33-14-16-37(17-15-33)42(44)48-40-28-22-36(23-29-40)35-20-26-39(27-21-35)47-32(3)41(43)46-30-7-5-2/h4,14-29,32H,1,5-13,30-31H2,2-3H3. The van der Waals surface area contributed by atoms with Gasteiger partial charge in [0.2, 0.25) is 0 Å². The van der Waals surface area contributed by atoms with Gasteiger partial charge in [-0.15, -0.1) is 6.58 Å². The molecular formula is C42H48O6. The Balaban J connectivity index is 1.21. The number of ether oxygens (including phenoxy) is 4. The summed E-state index contributed by atoms with van der Waals surface area (Å²) in [4.78, 5) is 24.9. The van der Waals surface area contributed by atoms with Crippen molar-refractivity contribution in [1.82, 2.24) is 0 Å². The lowest BCUT2D eigenvalue weighted by atomic mass is 10.0. The van der Waals surface area contributed by atoms with Crippen LogP contribution in [0.15, 0.2) is 110 Å². The van der Waals surface area contributed by atoms with Gasteiger partial charge in [0.25, 0.3) is 0 Å². The van der Waals surface area contributed by atoms with Crippen molar-refractivity contribution in [3.8, 4) is 39.5 Å². The molecule has 4 rings (SSSR count). The molecule has 0 aliphatic carbocycles. The van der Waals surface area contributed by atoms with E-state index in [-0.39, 0.29) is 5.97 Å². The van der Waals surface area contributed by atoms with Gasteiger partial charge in [0, 0.05) is 0 Å². The van der Waals surface area contributed by atoms with Crippen molar-refractivity contribution in [1.29, 1.82) is 0 Å². The van der Waals surface area contributed by atoms with Crippen LogP contribution in [0.4, 0.5) is 0 Å². The first kappa shape index (κ1) is 36.0. The predicted molar refractivity (Wildman–Crippen MR) is 193 cm³/mol. The fourth-order valence-electron chi connectivity index (χ4n) is 5.12. The van der Waals surface area contributed by atoms with Gasteiger partial charge in [0.05, 0.1) is 18.8 Å². The summed E-state index contributed by atoms with van der Waals surface area (Å²) in [6.45, 7) is 8.64. The molecule has 4 aromatic carbocycles. The molecule has 1 unspecified atom stereocenters. The van der Waals surface area contributed by atoms with Gasteiger partial charge in [-0.3, -0.25) is 0 Å². The highest BCUT2D eigenvalue weighted by atomic mass is 16.6. The number of allylic oxidation sites excluding steroid dienone is 1. The number of hydrogen-bond donors (Lipinski definition) is 0. The minimum absolute atomic E-state index is 0.369. The van der Waals surface area contributed by atoms with Gasteiger partial charge in [-0.05, 0) is 103 Å². The summed E-state index contributed by atoms with van der Waals surface area (Å²) in [6.07, 6.45) is 11.5. The summed E-state index contributed by atoms with van der Waals surface area (Å²) >= 11 is 0. The first-order valence-electron chi connectivity index (χ1n) is 17.2. The summed E-state index contributed by atoms with van der Waals surface area (Å²) in [6, 6.07) is 30.3. The molecule has 0 aromatic heterocycles. The van der Waals surface area contributed by atoms with E-state index >= 15 is 0 Å². The van der Waals surface area contributed by atoms with Crippen LogP contribution in [0.2, 0.25) is 0 Å². The minimum Gasteiger partial charge on any atom is -0.494 e. The largest absolute Gasteiger partial charge is 0.494 e. The van der Waals surface area contributed by atoms with E-state index in [0.29, 0.717) is 23.7 Å². The Morgan fingerprint density at radius 2 is 1.12 bits per heavy atom. The van der Waals surface area contributed by atoms with Gasteiger partial charge in [0.15, 0.2) is 6.10 Å². The van der Waals surface area contributed by atoms with Crippen LogP contribution in [0.25, 0.3) is 22.3 Å². The van der Waals surface area contributed by atoms with Crippen LogP contribution in [-0.2, 0) is 9.53 Å². The highest BCUT2D eigenvalue weighted by Gasteiger charge is 2.16. The predicted octanol–water partition coefficient (Wildman–Crippen LogP) is 10.6. The number of esters is 2. The third-order valence-corrected chi connectivity index (χ3v) is 8.02. The summed E-state index contributed by atoms with van der Waals surface area (Å²) in [5.41, 5.74) is 4.46. The fourth-order valence-corrected chi connectivity index (χ4v) is 5.12. The zero-order chi connectivity index (χ0) is 34.0. The third kappa shape index (κ3) is 11.8. The van der Waals surface area contributed by atoms with Crippen LogP contribution in [0.3, 0.4) is 0 Å². The van der Waals surface area contributed by atoms with Gasteiger partial charge >= 0.3 is 11.9 Å². The van der Waals surface area contributed by atoms with Crippen LogP contribution in [0.1, 0.15) is 82.0 Å². The van der Waals surface area contributed by atoms with Crippen LogP contribution in [0, 0.1) is 0 Å². The molecule has 0 saturated heterocycles. The normalized spacial score (nSPS) is 11.4. The Bertz CT molecular complexity index is 1540. The van der Waals surface area contributed by atoms with Crippen LogP contribution in [0.5, 0.6) is 17.2 Å². The van der Waals surface area contributed by atoms with Crippen LogP contribution >= 0.6 is 0 Å². The molecule has 0 saturated carbocycles. The van der Waals surface area contributed by atoms with E-state index in [9.17, 15) is 9.59 Å². The number of unbranched alkanes of at least 4 members (excludes halogenated alkanes) is 7. The van der Waals surface area contributed by atoms with Gasteiger partial charge in [-0.1, -0.05) is 93.6 Å². The van der Waals surface area contributed by atoms with Crippen LogP contribution < -0.4 is 14.2 Å². The fraction of sp³-hybridized carbons (Fsp3) is 0.333. The molecule has 4 aromatic rings. The maximum Gasteiger partial charge on any atom is 0.347 e. The average molecular weight is 649 g/mol. The Morgan fingerprint density at radius 1 is 0.625 bits per heavy atom. The van der Waals surface area contributed by atoms with Crippen molar-refractivity contribution >= 4 is 11.9 Å². The van der Waals surface area contributed by atoms with E-state index in [4.69, 9.17) is 18.9 Å². The Kier molecular flexibility index (Phi) is 14.8. The molecule has 6 heteroatoms. The van der Waals surface area contributed by atoms with Crippen molar-refractivity contribution in [2.75, 3.05) is 13.2 Å². The topological polar surface area (TPSA) is 71.1 Å². The summed E-state index contributed by atoms with van der Waals surface area (Å²) in [5.74, 6) is 1.13. The number of carbonyl (C=O) groups is 2. The summed E-state index contributed by atoms with van der Waals surface area (Å²) in [5, 5.41) is 0. The highest BCUT2D eigenvalue weighted by Crippen LogP contribution is 2.27. The number of rotatable bonds is 20. The molecule has 0 amide bonds. The second-order valence-corrected chi connectivity index (χ2v) is 11.9. The molecule has 0 fully saturated rings. The Morgan fingerprint density at radius 3 is 1.69 bits per heavy atom. The minimum atomic E-state index is -0.683. The Labute approximate surface area is 285 Å². The van der Waals surface area contributed by atoms with E-state index in [1.54, 1.807) is 31.2 Å². The lowest BCUT2D eigenvalue weighted by molar-refractivity contribution is -0.151. The molecule has 1 atom stereocenters. The molecule has 0 N–H and O–H groups in total. The molecule has 6 nitrogen and oxygen atoms in total. The van der Waals surface area contributed by atoms with Crippen molar-refractivity contribution in [3.05, 3.63) is 115 Å². The van der Waals surface area contributed by atoms with E-state index < -0.39 is 12.1 Å². The third-order valence-electron chi connectivity index (χ3n) is 8.02. The molecule has 0 spiro atoms. The van der Waals surface area contributed by atoms with Crippen molar-refractivity contribution in [3.63, 3.8) is 0 Å². The number of hydrogen-bond acceptors (Lipinski definition) is 6. The van der Waals surface area contributed by atoms with Crippen molar-refractivity contribution in [2.45, 2.75) is 77.7 Å². The van der Waals surface area contributed by atoms with Crippen molar-refractivity contribution < 1.29 is 28.5 Å². The molecule has 0 aliphatic heterocycles. The summed E-state index contributed by atoms with van der Waals surface area (Å²) in [7, 11) is 0. The Hall–Kier alpha value is -4.84. The summed E-state index contributed by atoms with van der Waals surface area (Å²) < 4.78 is 22.5. The van der Waals surface area contributed by atoms with Gasteiger partial charge < -0.3 is 18.9 Å². The number of carbonyl (C=O) groups excluding carboxylic acids is 2. The quantitative estimate of drug-likeness (QED) is 0.0411. The molecule has 48 heavy (non-hydrogen) atoms. The van der Waals surface area contributed by atoms with Gasteiger partial charge in [0.1, 0.15) is 17.2 Å². The van der Waals surface area contributed by atoms with Gasteiger partial charge in [-0.2, -0.15) is 0 Å².